The summed E-state index contributed by atoms with van der Waals surface area (Å²) in [4.78, 5) is 4.15. The first kappa shape index (κ1) is 15.8. The van der Waals surface area contributed by atoms with Crippen LogP contribution < -0.4 is 19.5 Å². The standard InChI is InChI=1S/C19H15N3O4/c20-9-15-19(21-10-13-6-7-16-17(8-13)25-12-24-16)26-18(22-15)11-23-14-4-2-1-3-5-14/h1-8,21H,10-12H2. The molecule has 0 spiro atoms. The summed E-state index contributed by atoms with van der Waals surface area (Å²) in [7, 11) is 0. The Morgan fingerprint density at radius 3 is 2.81 bits per heavy atom. The summed E-state index contributed by atoms with van der Waals surface area (Å²) >= 11 is 0. The number of rotatable bonds is 6. The second-order valence-corrected chi connectivity index (χ2v) is 5.54. The van der Waals surface area contributed by atoms with E-state index in [-0.39, 0.29) is 19.1 Å². The topological polar surface area (TPSA) is 89.5 Å². The third-order valence-corrected chi connectivity index (χ3v) is 3.77. The van der Waals surface area contributed by atoms with E-state index in [2.05, 4.69) is 10.3 Å². The Morgan fingerprint density at radius 1 is 1.12 bits per heavy atom. The van der Waals surface area contributed by atoms with Gasteiger partial charge in [0.15, 0.2) is 18.1 Å². The molecule has 0 atom stereocenters. The van der Waals surface area contributed by atoms with Crippen LogP contribution in [0, 0.1) is 11.3 Å². The molecule has 0 fully saturated rings. The lowest BCUT2D eigenvalue weighted by molar-refractivity contribution is 0.174. The van der Waals surface area contributed by atoms with Crippen molar-refractivity contribution in [3.8, 4) is 23.3 Å². The molecule has 1 N–H and O–H groups in total. The van der Waals surface area contributed by atoms with Crippen LogP contribution in [-0.4, -0.2) is 11.8 Å². The quantitative estimate of drug-likeness (QED) is 0.729. The third-order valence-electron chi connectivity index (χ3n) is 3.77. The van der Waals surface area contributed by atoms with Gasteiger partial charge in [-0.15, -0.1) is 0 Å². The van der Waals surface area contributed by atoms with Crippen molar-refractivity contribution in [3.05, 3.63) is 65.7 Å². The fourth-order valence-electron chi connectivity index (χ4n) is 2.52. The highest BCUT2D eigenvalue weighted by Gasteiger charge is 2.15. The number of nitriles is 1. The third kappa shape index (κ3) is 3.39. The van der Waals surface area contributed by atoms with Gasteiger partial charge in [0.2, 0.25) is 24.3 Å². The maximum atomic E-state index is 9.25. The highest BCUT2D eigenvalue weighted by atomic mass is 16.7. The van der Waals surface area contributed by atoms with E-state index in [1.807, 2.05) is 54.6 Å². The largest absolute Gasteiger partial charge is 0.484 e. The predicted molar refractivity (Wildman–Crippen MR) is 91.9 cm³/mol. The molecule has 2 aromatic carbocycles. The van der Waals surface area contributed by atoms with Gasteiger partial charge in [0.05, 0.1) is 0 Å². The zero-order chi connectivity index (χ0) is 17.8. The molecular formula is C19H15N3O4. The normalized spacial score (nSPS) is 11.8. The van der Waals surface area contributed by atoms with Crippen LogP contribution in [0.15, 0.2) is 52.9 Å². The van der Waals surface area contributed by atoms with Gasteiger partial charge < -0.3 is 23.9 Å². The van der Waals surface area contributed by atoms with Crippen LogP contribution in [0.1, 0.15) is 17.1 Å². The van der Waals surface area contributed by atoms with Crippen molar-refractivity contribution in [2.45, 2.75) is 13.2 Å². The summed E-state index contributed by atoms with van der Waals surface area (Å²) in [5.74, 6) is 2.79. The number of fused-ring (bicyclic) bond motifs is 1. The van der Waals surface area contributed by atoms with E-state index in [0.717, 1.165) is 11.3 Å². The van der Waals surface area contributed by atoms with E-state index >= 15 is 0 Å². The molecule has 0 unspecified atom stereocenters. The average molecular weight is 349 g/mol. The van der Waals surface area contributed by atoms with Gasteiger partial charge in [-0.05, 0) is 29.8 Å². The number of benzene rings is 2. The molecule has 3 aromatic rings. The van der Waals surface area contributed by atoms with Crippen molar-refractivity contribution in [2.24, 2.45) is 0 Å². The number of hydrogen-bond acceptors (Lipinski definition) is 7. The van der Waals surface area contributed by atoms with Gasteiger partial charge in [-0.25, -0.2) is 0 Å². The maximum absolute atomic E-state index is 9.25. The Hall–Kier alpha value is -3.66. The van der Waals surface area contributed by atoms with Crippen LogP contribution in [0.25, 0.3) is 0 Å². The Balaban J connectivity index is 1.41. The smallest absolute Gasteiger partial charge is 0.236 e. The van der Waals surface area contributed by atoms with E-state index in [1.165, 1.54) is 0 Å². The van der Waals surface area contributed by atoms with Gasteiger partial charge >= 0.3 is 0 Å². The molecule has 7 nitrogen and oxygen atoms in total. The molecule has 0 bridgehead atoms. The van der Waals surface area contributed by atoms with Crippen molar-refractivity contribution in [1.29, 1.82) is 5.26 Å². The second-order valence-electron chi connectivity index (χ2n) is 5.54. The molecule has 0 amide bonds. The number of ether oxygens (including phenoxy) is 3. The minimum atomic E-state index is 0.143. The molecular weight excluding hydrogens is 334 g/mol. The molecule has 1 aromatic heterocycles. The lowest BCUT2D eigenvalue weighted by Gasteiger charge is -2.05. The van der Waals surface area contributed by atoms with Crippen LogP contribution in [0.4, 0.5) is 5.88 Å². The molecule has 0 aliphatic carbocycles. The molecule has 7 heteroatoms. The van der Waals surface area contributed by atoms with E-state index in [1.54, 1.807) is 0 Å². The zero-order valence-corrected chi connectivity index (χ0v) is 13.8. The molecule has 26 heavy (non-hydrogen) atoms. The Kier molecular flexibility index (Phi) is 4.31. The SMILES string of the molecule is N#Cc1nc(COc2ccccc2)oc1NCc1ccc2c(c1)OCO2. The summed E-state index contributed by atoms with van der Waals surface area (Å²) in [6.45, 7) is 0.835. The van der Waals surface area contributed by atoms with Gasteiger partial charge in [-0.1, -0.05) is 24.3 Å². The van der Waals surface area contributed by atoms with Gasteiger partial charge in [-0.2, -0.15) is 10.2 Å². The first-order chi connectivity index (χ1) is 12.8. The Labute approximate surface area is 149 Å². The minimum Gasteiger partial charge on any atom is -0.484 e. The summed E-state index contributed by atoms with van der Waals surface area (Å²) < 4.78 is 21.9. The van der Waals surface area contributed by atoms with Crippen molar-refractivity contribution in [3.63, 3.8) is 0 Å². The number of aromatic nitrogens is 1. The number of nitrogens with one attached hydrogen (secondary N) is 1. The molecule has 2 heterocycles. The molecule has 1 aliphatic rings. The fourth-order valence-corrected chi connectivity index (χ4v) is 2.52. The van der Waals surface area contributed by atoms with Gasteiger partial charge in [0.25, 0.3) is 0 Å². The summed E-state index contributed by atoms with van der Waals surface area (Å²) in [6, 6.07) is 17.0. The van der Waals surface area contributed by atoms with Gasteiger partial charge in [0.1, 0.15) is 11.8 Å². The van der Waals surface area contributed by atoms with E-state index in [0.29, 0.717) is 29.8 Å². The van der Waals surface area contributed by atoms with Crippen LogP contribution in [0.3, 0.4) is 0 Å². The van der Waals surface area contributed by atoms with Crippen LogP contribution >= 0.6 is 0 Å². The van der Waals surface area contributed by atoms with E-state index in [9.17, 15) is 5.26 Å². The Bertz CT molecular complexity index is 947. The first-order valence-electron chi connectivity index (χ1n) is 8.02. The molecule has 130 valence electrons. The number of hydrogen-bond donors (Lipinski definition) is 1. The summed E-state index contributed by atoms with van der Waals surface area (Å²) in [5.41, 5.74) is 1.16. The lowest BCUT2D eigenvalue weighted by atomic mass is 10.2. The minimum absolute atomic E-state index is 0.143. The summed E-state index contributed by atoms with van der Waals surface area (Å²) in [6.07, 6.45) is 0. The van der Waals surface area contributed by atoms with E-state index in [4.69, 9.17) is 18.6 Å². The lowest BCUT2D eigenvalue weighted by Crippen LogP contribution is -1.99. The molecule has 4 rings (SSSR count). The van der Waals surface area contributed by atoms with Gasteiger partial charge in [0, 0.05) is 6.54 Å². The van der Waals surface area contributed by atoms with Crippen molar-refractivity contribution in [2.75, 3.05) is 12.1 Å². The highest BCUT2D eigenvalue weighted by molar-refractivity contribution is 5.48. The number of oxazole rings is 1. The zero-order valence-electron chi connectivity index (χ0n) is 13.8. The molecule has 0 saturated carbocycles. The van der Waals surface area contributed by atoms with Gasteiger partial charge in [-0.3, -0.25) is 0 Å². The average Bonchev–Trinajstić information content (AvgIpc) is 3.31. The number of nitrogens with zero attached hydrogens (tertiary/aromatic N) is 2. The Morgan fingerprint density at radius 2 is 1.96 bits per heavy atom. The monoisotopic (exact) mass is 349 g/mol. The van der Waals surface area contributed by atoms with Crippen molar-refractivity contribution < 1.29 is 18.6 Å². The molecule has 1 aliphatic heterocycles. The highest BCUT2D eigenvalue weighted by Crippen LogP contribution is 2.32. The molecule has 0 saturated heterocycles. The van der Waals surface area contributed by atoms with Crippen LogP contribution in [0.2, 0.25) is 0 Å². The summed E-state index contributed by atoms with van der Waals surface area (Å²) in [5, 5.41) is 12.3. The number of anilines is 1. The van der Waals surface area contributed by atoms with Crippen molar-refractivity contribution in [1.82, 2.24) is 4.98 Å². The number of para-hydroxylation sites is 1. The predicted octanol–water partition coefficient (Wildman–Crippen LogP) is 3.47. The fraction of sp³-hybridized carbons (Fsp3) is 0.158. The van der Waals surface area contributed by atoms with Crippen LogP contribution in [0.5, 0.6) is 17.2 Å². The van der Waals surface area contributed by atoms with E-state index < -0.39 is 0 Å². The maximum Gasteiger partial charge on any atom is 0.236 e. The van der Waals surface area contributed by atoms with Crippen molar-refractivity contribution >= 4 is 5.88 Å². The van der Waals surface area contributed by atoms with Crippen LogP contribution in [-0.2, 0) is 13.2 Å². The first-order valence-corrected chi connectivity index (χ1v) is 8.02. The molecule has 0 radical (unpaired) electrons. The second kappa shape index (κ2) is 7.07.